The van der Waals surface area contributed by atoms with Crippen molar-refractivity contribution in [1.82, 2.24) is 5.32 Å². The summed E-state index contributed by atoms with van der Waals surface area (Å²) in [5.74, 6) is 0.740. The molecule has 1 aliphatic heterocycles. The van der Waals surface area contributed by atoms with Crippen molar-refractivity contribution in [2.45, 2.75) is 32.8 Å². The van der Waals surface area contributed by atoms with Crippen LogP contribution in [-0.4, -0.2) is 25.8 Å². The summed E-state index contributed by atoms with van der Waals surface area (Å²) in [7, 11) is 0. The third-order valence-corrected chi connectivity index (χ3v) is 2.43. The SMILES string of the molecule is CCO[C@H](C)[C@@H]1CCCNC1. The van der Waals surface area contributed by atoms with Gasteiger partial charge >= 0.3 is 0 Å². The van der Waals surface area contributed by atoms with Gasteiger partial charge in [-0.25, -0.2) is 0 Å². The third-order valence-electron chi connectivity index (χ3n) is 2.43. The lowest BCUT2D eigenvalue weighted by Gasteiger charge is -2.27. The first-order valence-corrected chi connectivity index (χ1v) is 4.67. The zero-order chi connectivity index (χ0) is 8.10. The topological polar surface area (TPSA) is 21.3 Å². The van der Waals surface area contributed by atoms with Gasteiger partial charge in [0.1, 0.15) is 0 Å². The largest absolute Gasteiger partial charge is 0.378 e. The highest BCUT2D eigenvalue weighted by Gasteiger charge is 2.19. The molecule has 0 aromatic rings. The molecule has 0 radical (unpaired) electrons. The van der Waals surface area contributed by atoms with Crippen molar-refractivity contribution in [3.8, 4) is 0 Å². The average molecular weight is 157 g/mol. The first kappa shape index (κ1) is 9.01. The standard InChI is InChI=1S/C9H19NO/c1-3-11-8(2)9-5-4-6-10-7-9/h8-10H,3-7H2,1-2H3/t8-,9-/m1/s1. The van der Waals surface area contributed by atoms with Crippen molar-refractivity contribution >= 4 is 0 Å². The van der Waals surface area contributed by atoms with Crippen molar-refractivity contribution in [3.63, 3.8) is 0 Å². The highest BCUT2D eigenvalue weighted by atomic mass is 16.5. The van der Waals surface area contributed by atoms with Crippen LogP contribution in [0.25, 0.3) is 0 Å². The lowest BCUT2D eigenvalue weighted by molar-refractivity contribution is 0.0249. The molecule has 1 heterocycles. The summed E-state index contributed by atoms with van der Waals surface area (Å²) in [4.78, 5) is 0. The predicted molar refractivity (Wildman–Crippen MR) is 46.7 cm³/mol. The maximum atomic E-state index is 5.54. The fraction of sp³-hybridized carbons (Fsp3) is 1.00. The van der Waals surface area contributed by atoms with Crippen LogP contribution in [0.15, 0.2) is 0 Å². The Morgan fingerprint density at radius 2 is 2.45 bits per heavy atom. The van der Waals surface area contributed by atoms with Gasteiger partial charge in [0.15, 0.2) is 0 Å². The van der Waals surface area contributed by atoms with Crippen molar-refractivity contribution in [2.24, 2.45) is 5.92 Å². The third kappa shape index (κ3) is 2.80. The van der Waals surface area contributed by atoms with Gasteiger partial charge in [0.2, 0.25) is 0 Å². The molecule has 1 aliphatic rings. The van der Waals surface area contributed by atoms with Gasteiger partial charge in [0, 0.05) is 13.2 Å². The quantitative estimate of drug-likeness (QED) is 0.669. The van der Waals surface area contributed by atoms with E-state index in [4.69, 9.17) is 4.74 Å². The minimum atomic E-state index is 0.438. The van der Waals surface area contributed by atoms with Gasteiger partial charge in [0.05, 0.1) is 6.10 Å². The van der Waals surface area contributed by atoms with E-state index in [1.807, 2.05) is 0 Å². The normalized spacial score (nSPS) is 28.4. The molecule has 0 bridgehead atoms. The summed E-state index contributed by atoms with van der Waals surface area (Å²) < 4.78 is 5.54. The van der Waals surface area contributed by atoms with Crippen LogP contribution in [-0.2, 0) is 4.74 Å². The highest BCUT2D eigenvalue weighted by molar-refractivity contribution is 4.73. The van der Waals surface area contributed by atoms with Gasteiger partial charge in [0.25, 0.3) is 0 Å². The molecular formula is C9H19NO. The first-order chi connectivity index (χ1) is 5.34. The molecule has 2 atom stereocenters. The number of ether oxygens (including phenoxy) is 1. The molecule has 66 valence electrons. The fourth-order valence-corrected chi connectivity index (χ4v) is 1.68. The Balaban J connectivity index is 2.21. The van der Waals surface area contributed by atoms with E-state index in [1.54, 1.807) is 0 Å². The van der Waals surface area contributed by atoms with Crippen LogP contribution in [0.5, 0.6) is 0 Å². The lowest BCUT2D eigenvalue weighted by atomic mass is 9.95. The molecule has 2 nitrogen and oxygen atoms in total. The molecule has 0 aromatic heterocycles. The number of piperidine rings is 1. The van der Waals surface area contributed by atoms with Crippen LogP contribution in [0, 0.1) is 5.92 Å². The molecule has 2 heteroatoms. The second-order valence-corrected chi connectivity index (χ2v) is 3.27. The molecule has 1 saturated heterocycles. The first-order valence-electron chi connectivity index (χ1n) is 4.67. The average Bonchev–Trinajstić information content (AvgIpc) is 2.07. The molecule has 0 unspecified atom stereocenters. The molecule has 0 spiro atoms. The van der Waals surface area contributed by atoms with Crippen LogP contribution in [0.1, 0.15) is 26.7 Å². The van der Waals surface area contributed by atoms with E-state index in [1.165, 1.54) is 19.4 Å². The van der Waals surface area contributed by atoms with E-state index in [2.05, 4.69) is 19.2 Å². The van der Waals surface area contributed by atoms with Crippen molar-refractivity contribution in [2.75, 3.05) is 19.7 Å². The summed E-state index contributed by atoms with van der Waals surface area (Å²) in [6.07, 6.45) is 3.07. The van der Waals surface area contributed by atoms with Crippen molar-refractivity contribution in [3.05, 3.63) is 0 Å². The van der Waals surface area contributed by atoms with E-state index in [9.17, 15) is 0 Å². The Hall–Kier alpha value is -0.0800. The molecule has 11 heavy (non-hydrogen) atoms. The maximum absolute atomic E-state index is 5.54. The molecule has 1 N–H and O–H groups in total. The Bertz CT molecular complexity index is 99.7. The van der Waals surface area contributed by atoms with E-state index in [0.29, 0.717) is 6.10 Å². The fourth-order valence-electron chi connectivity index (χ4n) is 1.68. The van der Waals surface area contributed by atoms with Crippen LogP contribution in [0.4, 0.5) is 0 Å². The molecule has 1 fully saturated rings. The van der Waals surface area contributed by atoms with Crippen LogP contribution in [0.3, 0.4) is 0 Å². The Kier molecular flexibility index (Phi) is 3.87. The second-order valence-electron chi connectivity index (χ2n) is 3.27. The number of nitrogens with one attached hydrogen (secondary N) is 1. The predicted octanol–water partition coefficient (Wildman–Crippen LogP) is 1.41. The molecule has 0 aromatic carbocycles. The van der Waals surface area contributed by atoms with E-state index in [-0.39, 0.29) is 0 Å². The Morgan fingerprint density at radius 1 is 1.64 bits per heavy atom. The maximum Gasteiger partial charge on any atom is 0.0587 e. The van der Waals surface area contributed by atoms with Gasteiger partial charge in [-0.2, -0.15) is 0 Å². The highest BCUT2D eigenvalue weighted by Crippen LogP contribution is 2.16. The summed E-state index contributed by atoms with van der Waals surface area (Å²) in [6, 6.07) is 0. The van der Waals surface area contributed by atoms with Crippen LogP contribution < -0.4 is 5.32 Å². The summed E-state index contributed by atoms with van der Waals surface area (Å²) in [5.41, 5.74) is 0. The lowest BCUT2D eigenvalue weighted by Crippen LogP contribution is -2.36. The van der Waals surface area contributed by atoms with Crippen LogP contribution in [0.2, 0.25) is 0 Å². The smallest absolute Gasteiger partial charge is 0.0587 e. The number of hydrogen-bond donors (Lipinski definition) is 1. The summed E-state index contributed by atoms with van der Waals surface area (Å²) in [6.45, 7) is 7.42. The molecule has 0 saturated carbocycles. The van der Waals surface area contributed by atoms with Gasteiger partial charge in [-0.05, 0) is 39.2 Å². The van der Waals surface area contributed by atoms with E-state index in [0.717, 1.165) is 19.1 Å². The second kappa shape index (κ2) is 4.73. The molecule has 1 rings (SSSR count). The summed E-state index contributed by atoms with van der Waals surface area (Å²) in [5, 5.41) is 3.39. The van der Waals surface area contributed by atoms with Crippen molar-refractivity contribution in [1.29, 1.82) is 0 Å². The minimum Gasteiger partial charge on any atom is -0.378 e. The number of hydrogen-bond acceptors (Lipinski definition) is 2. The minimum absolute atomic E-state index is 0.438. The van der Waals surface area contributed by atoms with Crippen molar-refractivity contribution < 1.29 is 4.74 Å². The Labute approximate surface area is 69.3 Å². The van der Waals surface area contributed by atoms with E-state index >= 15 is 0 Å². The monoisotopic (exact) mass is 157 g/mol. The van der Waals surface area contributed by atoms with E-state index < -0.39 is 0 Å². The van der Waals surface area contributed by atoms with Gasteiger partial charge in [-0.1, -0.05) is 0 Å². The summed E-state index contributed by atoms with van der Waals surface area (Å²) >= 11 is 0. The van der Waals surface area contributed by atoms with Gasteiger partial charge in [-0.15, -0.1) is 0 Å². The van der Waals surface area contributed by atoms with Crippen LogP contribution >= 0.6 is 0 Å². The zero-order valence-electron chi connectivity index (χ0n) is 7.60. The zero-order valence-corrected chi connectivity index (χ0v) is 7.60. The van der Waals surface area contributed by atoms with Gasteiger partial charge < -0.3 is 10.1 Å². The molecule has 0 amide bonds. The molecular weight excluding hydrogens is 138 g/mol. The van der Waals surface area contributed by atoms with Gasteiger partial charge in [-0.3, -0.25) is 0 Å². The number of rotatable bonds is 3. The molecule has 0 aliphatic carbocycles. The Morgan fingerprint density at radius 3 is 3.00 bits per heavy atom.